The van der Waals surface area contributed by atoms with Crippen molar-refractivity contribution < 1.29 is 52.8 Å². The number of carboxylic acids is 1. The molecule has 0 rings (SSSR count). The van der Waals surface area contributed by atoms with E-state index in [1.54, 1.807) is 67.2 Å². The Labute approximate surface area is 285 Å². The monoisotopic (exact) mass is 688 g/mol. The zero-order valence-electron chi connectivity index (χ0n) is 30.7. The van der Waals surface area contributed by atoms with Gasteiger partial charge >= 0.3 is 23.9 Å². The highest BCUT2D eigenvalue weighted by Crippen LogP contribution is 2.13. The molecule has 0 bridgehead atoms. The molecule has 48 heavy (non-hydrogen) atoms. The summed E-state index contributed by atoms with van der Waals surface area (Å²) in [5, 5.41) is 14.3. The number of esters is 3. The third-order valence-electron chi connectivity index (χ3n) is 6.11. The Bertz CT molecular complexity index is 1020. The first-order chi connectivity index (χ1) is 22.0. The summed E-state index contributed by atoms with van der Waals surface area (Å²) in [6.45, 7) is 17.7. The first-order valence-corrected chi connectivity index (χ1v) is 16.4. The number of unbranched alkanes of at least 4 members (excludes halogenated alkanes) is 1. The van der Waals surface area contributed by atoms with E-state index >= 15 is 0 Å². The molecule has 0 spiro atoms. The number of Topliss-reactive ketones (excluding diaryl/α,β-unsaturated/α-hetero) is 1. The van der Waals surface area contributed by atoms with Crippen LogP contribution in [0.5, 0.6) is 0 Å². The normalized spacial score (nSPS) is 12.8. The van der Waals surface area contributed by atoms with Gasteiger partial charge in [-0.1, -0.05) is 0 Å². The number of aliphatic carboxylic acids is 1. The third kappa shape index (κ3) is 25.9. The molecule has 0 radical (unpaired) electrons. The Kier molecular flexibility index (Phi) is 20.3. The molecule has 278 valence electrons. The van der Waals surface area contributed by atoms with Crippen LogP contribution in [0, 0.1) is 0 Å². The van der Waals surface area contributed by atoms with Crippen LogP contribution in [0.4, 0.5) is 0 Å². The summed E-state index contributed by atoms with van der Waals surface area (Å²) < 4.78 is 21.1. The van der Waals surface area contributed by atoms with Gasteiger partial charge < -0.3 is 34.7 Å². The predicted molar refractivity (Wildman–Crippen MR) is 178 cm³/mol. The van der Waals surface area contributed by atoms with Crippen molar-refractivity contribution in [3.8, 4) is 0 Å². The standard InChI is InChI=1S/C33H60N4O11/c1-24(38)25(13-11-12-14-35-26(39)22-45-23-27(40)41)37(16-15-34-19-28(42)46-31(2,3)4)18-17-36(20-29(43)47-32(5,6)7)21-30(44)48-33(8,9)10/h25,34H,11-23H2,1-10H3,(H,35,39)(H,40,41)/t25-/m0/s1. The third-order valence-corrected chi connectivity index (χ3v) is 6.11. The van der Waals surface area contributed by atoms with Crippen molar-refractivity contribution in [2.45, 2.75) is 111 Å². The van der Waals surface area contributed by atoms with Gasteiger partial charge in [0.15, 0.2) is 0 Å². The molecule has 15 heteroatoms. The van der Waals surface area contributed by atoms with Crippen molar-refractivity contribution in [3.63, 3.8) is 0 Å². The van der Waals surface area contributed by atoms with E-state index in [2.05, 4.69) is 10.6 Å². The van der Waals surface area contributed by atoms with Gasteiger partial charge in [-0.05, 0) is 88.5 Å². The number of carbonyl (C=O) groups is 6. The van der Waals surface area contributed by atoms with Crippen LogP contribution in [0.25, 0.3) is 0 Å². The summed E-state index contributed by atoms with van der Waals surface area (Å²) >= 11 is 0. The molecule has 0 aliphatic rings. The summed E-state index contributed by atoms with van der Waals surface area (Å²) in [4.78, 5) is 76.5. The molecule has 0 aliphatic carbocycles. The average Bonchev–Trinajstić information content (AvgIpc) is 2.86. The van der Waals surface area contributed by atoms with Gasteiger partial charge in [-0.2, -0.15) is 0 Å². The minimum absolute atomic E-state index is 0.0187. The van der Waals surface area contributed by atoms with Gasteiger partial charge in [0.2, 0.25) is 5.91 Å². The number of ketones is 1. The molecule has 1 atom stereocenters. The quantitative estimate of drug-likeness (QED) is 0.0796. The Morgan fingerprint density at radius 2 is 1.21 bits per heavy atom. The fourth-order valence-corrected chi connectivity index (χ4v) is 4.43. The van der Waals surface area contributed by atoms with E-state index in [-0.39, 0.29) is 38.6 Å². The van der Waals surface area contributed by atoms with Gasteiger partial charge in [-0.25, -0.2) is 4.79 Å². The van der Waals surface area contributed by atoms with Crippen molar-refractivity contribution in [3.05, 3.63) is 0 Å². The second-order valence-corrected chi connectivity index (χ2v) is 14.5. The summed E-state index contributed by atoms with van der Waals surface area (Å²) in [5.41, 5.74) is -2.06. The van der Waals surface area contributed by atoms with Crippen molar-refractivity contribution in [1.82, 2.24) is 20.4 Å². The number of nitrogens with one attached hydrogen (secondary N) is 2. The lowest BCUT2D eigenvalue weighted by atomic mass is 10.0. The zero-order valence-corrected chi connectivity index (χ0v) is 30.7. The second-order valence-electron chi connectivity index (χ2n) is 14.5. The maximum absolute atomic E-state index is 12.9. The molecule has 0 aromatic heterocycles. The Morgan fingerprint density at radius 1 is 0.688 bits per heavy atom. The largest absolute Gasteiger partial charge is 0.480 e. The number of rotatable bonds is 23. The lowest BCUT2D eigenvalue weighted by Crippen LogP contribution is -2.49. The molecular weight excluding hydrogens is 628 g/mol. The van der Waals surface area contributed by atoms with E-state index in [0.29, 0.717) is 45.4 Å². The van der Waals surface area contributed by atoms with E-state index in [4.69, 9.17) is 24.1 Å². The molecule has 1 amide bonds. The molecule has 0 aromatic rings. The smallest absolute Gasteiger partial charge is 0.329 e. The van der Waals surface area contributed by atoms with E-state index in [1.165, 1.54) is 6.92 Å². The highest BCUT2D eigenvalue weighted by Gasteiger charge is 2.27. The fraction of sp³-hybridized carbons (Fsp3) is 0.818. The summed E-state index contributed by atoms with van der Waals surface area (Å²) in [7, 11) is 0. The summed E-state index contributed by atoms with van der Waals surface area (Å²) in [6.07, 6.45) is 1.61. The molecule has 0 unspecified atom stereocenters. The number of carboxylic acid groups (broad SMARTS) is 1. The van der Waals surface area contributed by atoms with Crippen LogP contribution >= 0.6 is 0 Å². The van der Waals surface area contributed by atoms with Crippen LogP contribution in [0.1, 0.15) is 88.5 Å². The molecule has 0 saturated heterocycles. The van der Waals surface area contributed by atoms with Crippen molar-refractivity contribution in [2.24, 2.45) is 0 Å². The number of hydrogen-bond acceptors (Lipinski definition) is 13. The second kappa shape index (κ2) is 21.8. The molecule has 15 nitrogen and oxygen atoms in total. The Morgan fingerprint density at radius 3 is 1.69 bits per heavy atom. The van der Waals surface area contributed by atoms with Gasteiger partial charge in [0, 0.05) is 32.7 Å². The molecule has 0 heterocycles. The summed E-state index contributed by atoms with van der Waals surface area (Å²) in [5.74, 6) is -3.11. The van der Waals surface area contributed by atoms with Crippen LogP contribution in [0.3, 0.4) is 0 Å². The highest BCUT2D eigenvalue weighted by atomic mass is 16.6. The van der Waals surface area contributed by atoms with Crippen LogP contribution in [0.2, 0.25) is 0 Å². The van der Waals surface area contributed by atoms with Gasteiger partial charge in [-0.3, -0.25) is 33.8 Å². The van der Waals surface area contributed by atoms with E-state index in [9.17, 15) is 28.8 Å². The molecule has 0 aliphatic heterocycles. The molecule has 3 N–H and O–H groups in total. The maximum Gasteiger partial charge on any atom is 0.329 e. The minimum atomic E-state index is -1.17. The number of hydrogen-bond donors (Lipinski definition) is 3. The molecule has 0 saturated carbocycles. The lowest BCUT2D eigenvalue weighted by Gasteiger charge is -2.33. The van der Waals surface area contributed by atoms with Crippen molar-refractivity contribution in [1.29, 1.82) is 0 Å². The average molecular weight is 689 g/mol. The first kappa shape index (κ1) is 44.9. The maximum atomic E-state index is 12.9. The molecule has 0 fully saturated rings. The topological polar surface area (TPSA) is 190 Å². The van der Waals surface area contributed by atoms with Gasteiger partial charge in [0.1, 0.15) is 35.8 Å². The predicted octanol–water partition coefficient (Wildman–Crippen LogP) is 1.55. The molecule has 0 aromatic carbocycles. The van der Waals surface area contributed by atoms with E-state index < -0.39 is 59.2 Å². The first-order valence-electron chi connectivity index (χ1n) is 16.4. The van der Waals surface area contributed by atoms with Crippen LogP contribution in [0.15, 0.2) is 0 Å². The van der Waals surface area contributed by atoms with Crippen molar-refractivity contribution in [2.75, 3.05) is 65.6 Å². The number of amides is 1. The number of ether oxygens (including phenoxy) is 4. The lowest BCUT2D eigenvalue weighted by molar-refractivity contribution is -0.160. The minimum Gasteiger partial charge on any atom is -0.480 e. The van der Waals surface area contributed by atoms with Crippen LogP contribution in [-0.4, -0.2) is 139 Å². The fourth-order valence-electron chi connectivity index (χ4n) is 4.43. The highest BCUT2D eigenvalue weighted by molar-refractivity contribution is 5.81. The Balaban J connectivity index is 5.64. The van der Waals surface area contributed by atoms with Gasteiger partial charge in [-0.15, -0.1) is 0 Å². The zero-order chi connectivity index (χ0) is 37.1. The summed E-state index contributed by atoms with van der Waals surface area (Å²) in [6, 6.07) is -0.521. The Hall–Kier alpha value is -3.14. The van der Waals surface area contributed by atoms with Gasteiger partial charge in [0.25, 0.3) is 0 Å². The van der Waals surface area contributed by atoms with Crippen LogP contribution < -0.4 is 10.6 Å². The van der Waals surface area contributed by atoms with E-state index in [0.717, 1.165) is 0 Å². The van der Waals surface area contributed by atoms with Crippen LogP contribution in [-0.2, 0) is 47.7 Å². The van der Waals surface area contributed by atoms with Crippen molar-refractivity contribution >= 4 is 35.6 Å². The van der Waals surface area contributed by atoms with Gasteiger partial charge in [0.05, 0.1) is 25.7 Å². The number of carbonyl (C=O) groups excluding carboxylic acids is 5. The molecular formula is C33H60N4O11. The number of nitrogens with zero attached hydrogens (tertiary/aromatic N) is 2. The van der Waals surface area contributed by atoms with E-state index in [1.807, 2.05) is 4.90 Å². The SMILES string of the molecule is CC(=O)[C@H](CCCCNC(=O)COCC(=O)O)N(CCNCC(=O)OC(C)(C)C)CCN(CC(=O)OC(C)(C)C)CC(=O)OC(C)(C)C.